The number of carbonyl (C=O) groups excluding carboxylic acids is 1. The predicted octanol–water partition coefficient (Wildman–Crippen LogP) is 6.81. The Labute approximate surface area is 222 Å². The maximum absolute atomic E-state index is 10.2. The lowest BCUT2D eigenvalue weighted by Gasteiger charge is -2.16. The lowest BCUT2D eigenvalue weighted by molar-refractivity contribution is 0.561. The van der Waals surface area contributed by atoms with Gasteiger partial charge in [0.15, 0.2) is 0 Å². The van der Waals surface area contributed by atoms with Crippen molar-refractivity contribution in [2.45, 2.75) is 24.7 Å². The minimum absolute atomic E-state index is 0.107. The van der Waals surface area contributed by atoms with E-state index in [4.69, 9.17) is 28.9 Å². The van der Waals surface area contributed by atoms with Gasteiger partial charge in [-0.25, -0.2) is 9.79 Å². The summed E-state index contributed by atoms with van der Waals surface area (Å²) in [5.74, 6) is 0.356. The van der Waals surface area contributed by atoms with Crippen molar-refractivity contribution in [2.75, 3.05) is 13.1 Å². The number of benzene rings is 2. The van der Waals surface area contributed by atoms with Gasteiger partial charge in [-0.05, 0) is 79.0 Å². The molecule has 0 aliphatic rings. The Morgan fingerprint density at radius 3 is 1.58 bits per heavy atom. The Hall–Kier alpha value is -3.34. The van der Waals surface area contributed by atoms with E-state index in [0.29, 0.717) is 24.5 Å². The second-order valence-electron chi connectivity index (χ2n) is 8.06. The van der Waals surface area contributed by atoms with Crippen molar-refractivity contribution in [3.05, 3.63) is 130 Å². The zero-order chi connectivity index (χ0) is 25.6. The summed E-state index contributed by atoms with van der Waals surface area (Å²) >= 11 is 11.8. The summed E-state index contributed by atoms with van der Waals surface area (Å²) in [7, 11) is 0. The highest BCUT2D eigenvalue weighted by Crippen LogP contribution is 2.28. The monoisotopic (exact) mass is 518 g/mol. The summed E-state index contributed by atoms with van der Waals surface area (Å²) in [5.41, 5.74) is 10.0. The van der Waals surface area contributed by atoms with E-state index < -0.39 is 0 Å². The van der Waals surface area contributed by atoms with Gasteiger partial charge in [0.25, 0.3) is 0 Å². The topological polar surface area (TPSA) is 81.2 Å². The van der Waals surface area contributed by atoms with Crippen LogP contribution in [0.3, 0.4) is 0 Å². The molecular weight excluding hydrogens is 491 g/mol. The summed E-state index contributed by atoms with van der Waals surface area (Å²) in [6.45, 7) is 1.08. The zero-order valence-corrected chi connectivity index (χ0v) is 21.3. The normalized spacial score (nSPS) is 12.0. The van der Waals surface area contributed by atoms with Gasteiger partial charge in [0, 0.05) is 45.7 Å². The average molecular weight is 519 g/mol. The molecule has 2 aromatic carbocycles. The Morgan fingerprint density at radius 1 is 0.722 bits per heavy atom. The molecule has 0 amide bonds. The molecule has 0 fully saturated rings. The first-order valence-corrected chi connectivity index (χ1v) is 12.4. The van der Waals surface area contributed by atoms with Crippen molar-refractivity contribution in [1.82, 2.24) is 9.97 Å². The van der Waals surface area contributed by atoms with E-state index in [0.717, 1.165) is 28.4 Å². The number of hydrogen-bond acceptors (Lipinski definition) is 5. The third-order valence-electron chi connectivity index (χ3n) is 5.68. The molecule has 0 spiro atoms. The molecule has 0 saturated carbocycles. The lowest BCUT2D eigenvalue weighted by Crippen LogP contribution is -2.10. The Kier molecular flexibility index (Phi) is 11.3. The first-order chi connectivity index (χ1) is 17.6. The Bertz CT molecular complexity index is 1210. The molecule has 36 heavy (non-hydrogen) atoms. The third kappa shape index (κ3) is 8.40. The van der Waals surface area contributed by atoms with Crippen molar-refractivity contribution in [2.24, 2.45) is 10.7 Å². The van der Waals surface area contributed by atoms with Gasteiger partial charge >= 0.3 is 0 Å². The smallest absolute Gasteiger partial charge is 0.234 e. The third-order valence-corrected chi connectivity index (χ3v) is 6.19. The van der Waals surface area contributed by atoms with Gasteiger partial charge in [0.05, 0.1) is 6.54 Å². The molecule has 4 aromatic rings. The molecule has 5 nitrogen and oxygen atoms in total. The van der Waals surface area contributed by atoms with Crippen molar-refractivity contribution in [1.29, 1.82) is 0 Å². The highest BCUT2D eigenvalue weighted by molar-refractivity contribution is 6.30. The second-order valence-corrected chi connectivity index (χ2v) is 8.93. The van der Waals surface area contributed by atoms with Gasteiger partial charge < -0.3 is 5.73 Å². The number of nitrogens with two attached hydrogens (primary N) is 1. The number of aliphatic imine (C=N–C) groups is 1. The van der Waals surface area contributed by atoms with Crippen LogP contribution in [0.5, 0.6) is 0 Å². The number of nitrogens with zero attached hydrogens (tertiary/aromatic N) is 3. The van der Waals surface area contributed by atoms with Crippen LogP contribution in [0.1, 0.15) is 47.2 Å². The molecule has 4 rings (SSSR count). The van der Waals surface area contributed by atoms with Gasteiger partial charge in [-0.2, -0.15) is 0 Å². The summed E-state index contributed by atoms with van der Waals surface area (Å²) in [5, 5.41) is 1.45. The first-order valence-electron chi connectivity index (χ1n) is 11.7. The molecule has 2 heterocycles. The molecule has 7 heteroatoms. The fourth-order valence-corrected chi connectivity index (χ4v) is 4.18. The lowest BCUT2D eigenvalue weighted by atomic mass is 9.92. The molecule has 2 aromatic heterocycles. The molecule has 0 radical (unpaired) electrons. The summed E-state index contributed by atoms with van der Waals surface area (Å²) in [6, 6.07) is 27.3. The van der Waals surface area contributed by atoms with Crippen LogP contribution >= 0.6 is 23.2 Å². The zero-order valence-electron chi connectivity index (χ0n) is 19.8. The Balaban J connectivity index is 0.000000202. The molecule has 0 saturated heterocycles. The van der Waals surface area contributed by atoms with Crippen LogP contribution in [0.4, 0.5) is 0 Å². The second kappa shape index (κ2) is 14.9. The number of aromatic nitrogens is 2. The fourth-order valence-electron chi connectivity index (χ4n) is 3.93. The SMILES string of the molecule is NCCC(c1ccc(Cl)cc1)c1ccccn1.O=C=NCCC(c1ccc(Cl)cc1)c1ccccn1. The largest absolute Gasteiger partial charge is 0.330 e. The predicted molar refractivity (Wildman–Crippen MR) is 146 cm³/mol. The first kappa shape index (κ1) is 27.3. The highest BCUT2D eigenvalue weighted by atomic mass is 35.5. The van der Waals surface area contributed by atoms with E-state index in [2.05, 4.69) is 15.0 Å². The van der Waals surface area contributed by atoms with Crippen LogP contribution in [-0.2, 0) is 4.79 Å². The molecule has 0 aliphatic carbocycles. The standard InChI is InChI=1S/C15H13ClN2O.C14H15ClN2/c16-13-6-4-12(5-7-13)14(8-10-17-11-19)15-3-1-2-9-18-15;15-12-6-4-11(5-7-12)13(8-9-16)14-3-1-2-10-17-14/h1-7,9,14H,8,10H2;1-7,10,13H,8-9,16H2. The Morgan fingerprint density at radius 2 is 1.19 bits per heavy atom. The van der Waals surface area contributed by atoms with Gasteiger partial charge in [-0.15, -0.1) is 0 Å². The number of hydrogen-bond donors (Lipinski definition) is 1. The van der Waals surface area contributed by atoms with Gasteiger partial charge in [0.2, 0.25) is 6.08 Å². The van der Waals surface area contributed by atoms with Gasteiger partial charge in [0.1, 0.15) is 0 Å². The minimum atomic E-state index is 0.107. The summed E-state index contributed by atoms with van der Waals surface area (Å²) in [4.78, 5) is 22.6. The van der Waals surface area contributed by atoms with Crippen LogP contribution in [0.25, 0.3) is 0 Å². The van der Waals surface area contributed by atoms with Crippen molar-refractivity contribution >= 4 is 29.3 Å². The molecule has 2 atom stereocenters. The molecule has 0 bridgehead atoms. The number of pyridine rings is 2. The van der Waals surface area contributed by atoms with E-state index in [-0.39, 0.29) is 11.8 Å². The van der Waals surface area contributed by atoms with Crippen molar-refractivity contribution in [3.8, 4) is 0 Å². The van der Waals surface area contributed by atoms with E-state index in [1.165, 1.54) is 5.56 Å². The van der Waals surface area contributed by atoms with Gasteiger partial charge in [-0.1, -0.05) is 59.6 Å². The molecule has 2 unspecified atom stereocenters. The molecule has 2 N–H and O–H groups in total. The van der Waals surface area contributed by atoms with Crippen molar-refractivity contribution < 1.29 is 4.79 Å². The molecular formula is C29H28Cl2N4O. The average Bonchev–Trinajstić information content (AvgIpc) is 2.92. The van der Waals surface area contributed by atoms with Crippen LogP contribution < -0.4 is 5.73 Å². The van der Waals surface area contributed by atoms with E-state index in [9.17, 15) is 4.79 Å². The summed E-state index contributed by atoms with van der Waals surface area (Å²) < 4.78 is 0. The van der Waals surface area contributed by atoms with E-state index in [1.807, 2.05) is 91.1 Å². The summed E-state index contributed by atoms with van der Waals surface area (Å²) in [6.07, 6.45) is 6.75. The fraction of sp³-hybridized carbons (Fsp3) is 0.207. The van der Waals surface area contributed by atoms with E-state index >= 15 is 0 Å². The number of halogens is 2. The highest BCUT2D eigenvalue weighted by Gasteiger charge is 2.15. The minimum Gasteiger partial charge on any atom is -0.330 e. The van der Waals surface area contributed by atoms with Crippen LogP contribution in [0, 0.1) is 0 Å². The van der Waals surface area contributed by atoms with Crippen LogP contribution in [0.15, 0.2) is 102 Å². The quantitative estimate of drug-likeness (QED) is 0.195. The number of isocyanates is 1. The van der Waals surface area contributed by atoms with Crippen molar-refractivity contribution in [3.63, 3.8) is 0 Å². The molecule has 0 aliphatic heterocycles. The van der Waals surface area contributed by atoms with Crippen LogP contribution in [-0.4, -0.2) is 29.1 Å². The maximum Gasteiger partial charge on any atom is 0.234 e. The maximum atomic E-state index is 10.2. The van der Waals surface area contributed by atoms with E-state index in [1.54, 1.807) is 12.3 Å². The van der Waals surface area contributed by atoms with Gasteiger partial charge in [-0.3, -0.25) is 9.97 Å². The van der Waals surface area contributed by atoms with Crippen LogP contribution in [0.2, 0.25) is 10.0 Å². The molecule has 184 valence electrons. The number of rotatable bonds is 9.